The van der Waals surface area contributed by atoms with Gasteiger partial charge in [-0.05, 0) is 32.0 Å². The molecule has 0 aliphatic heterocycles. The third-order valence-corrected chi connectivity index (χ3v) is 4.21. The Hall–Kier alpha value is -1.82. The van der Waals surface area contributed by atoms with Gasteiger partial charge in [0.1, 0.15) is 0 Å². The second kappa shape index (κ2) is 4.63. The molecule has 0 atom stereocenters. The van der Waals surface area contributed by atoms with E-state index in [4.69, 9.17) is 5.73 Å². The standard InChI is InChI=1S/C14H16BrN5/c1-8-11(9(2)19(3)18-8)7-20-13-5-4-10(15)6-12(13)17-14(20)16/h4-6H,7H2,1-3H3,(H2,16,17). The summed E-state index contributed by atoms with van der Waals surface area (Å²) in [5.41, 5.74) is 11.4. The molecule has 1 aromatic carbocycles. The van der Waals surface area contributed by atoms with Crippen molar-refractivity contribution < 1.29 is 0 Å². The second-order valence-corrected chi connectivity index (χ2v) is 5.88. The minimum Gasteiger partial charge on any atom is -0.369 e. The number of halogens is 1. The Kier molecular flexibility index (Phi) is 3.05. The first-order valence-electron chi connectivity index (χ1n) is 6.37. The number of anilines is 1. The summed E-state index contributed by atoms with van der Waals surface area (Å²) >= 11 is 3.46. The quantitative estimate of drug-likeness (QED) is 0.784. The van der Waals surface area contributed by atoms with Gasteiger partial charge < -0.3 is 10.3 Å². The molecular formula is C14H16BrN5. The van der Waals surface area contributed by atoms with Crippen LogP contribution in [0.25, 0.3) is 11.0 Å². The van der Waals surface area contributed by atoms with Crippen LogP contribution < -0.4 is 5.73 Å². The molecule has 2 aromatic heterocycles. The van der Waals surface area contributed by atoms with Crippen LogP contribution >= 0.6 is 15.9 Å². The molecule has 20 heavy (non-hydrogen) atoms. The Morgan fingerprint density at radius 2 is 2.05 bits per heavy atom. The number of hydrogen-bond acceptors (Lipinski definition) is 3. The number of aromatic nitrogens is 4. The Morgan fingerprint density at radius 1 is 1.30 bits per heavy atom. The number of rotatable bonds is 2. The lowest BCUT2D eigenvalue weighted by Crippen LogP contribution is -2.06. The molecule has 3 rings (SSSR count). The van der Waals surface area contributed by atoms with Crippen molar-refractivity contribution in [3.05, 3.63) is 39.6 Å². The molecule has 0 radical (unpaired) electrons. The van der Waals surface area contributed by atoms with E-state index in [0.29, 0.717) is 12.5 Å². The van der Waals surface area contributed by atoms with Crippen molar-refractivity contribution in [2.45, 2.75) is 20.4 Å². The molecule has 0 fully saturated rings. The molecule has 0 bridgehead atoms. The van der Waals surface area contributed by atoms with Crippen LogP contribution in [0.3, 0.4) is 0 Å². The zero-order valence-corrected chi connectivity index (χ0v) is 13.3. The van der Waals surface area contributed by atoms with Crippen molar-refractivity contribution in [3.63, 3.8) is 0 Å². The van der Waals surface area contributed by atoms with Gasteiger partial charge in [-0.3, -0.25) is 4.68 Å². The number of imidazole rings is 1. The van der Waals surface area contributed by atoms with Crippen LogP contribution in [0.15, 0.2) is 22.7 Å². The van der Waals surface area contributed by atoms with E-state index in [1.165, 1.54) is 5.56 Å². The maximum atomic E-state index is 6.07. The molecule has 0 unspecified atom stereocenters. The lowest BCUT2D eigenvalue weighted by atomic mass is 10.2. The Labute approximate surface area is 125 Å². The van der Waals surface area contributed by atoms with Crippen LogP contribution in [-0.2, 0) is 13.6 Å². The van der Waals surface area contributed by atoms with Crippen molar-refractivity contribution in [1.82, 2.24) is 19.3 Å². The molecular weight excluding hydrogens is 318 g/mol. The van der Waals surface area contributed by atoms with Crippen LogP contribution in [0.1, 0.15) is 17.0 Å². The molecule has 0 saturated heterocycles. The highest BCUT2D eigenvalue weighted by Gasteiger charge is 2.14. The average molecular weight is 334 g/mol. The van der Waals surface area contributed by atoms with Crippen molar-refractivity contribution in [2.75, 3.05) is 5.73 Å². The predicted octanol–water partition coefficient (Wildman–Crippen LogP) is 2.78. The largest absolute Gasteiger partial charge is 0.369 e. The fraction of sp³-hybridized carbons (Fsp3) is 0.286. The van der Waals surface area contributed by atoms with E-state index in [0.717, 1.165) is 26.9 Å². The van der Waals surface area contributed by atoms with E-state index in [-0.39, 0.29) is 0 Å². The first-order valence-corrected chi connectivity index (χ1v) is 7.17. The van der Waals surface area contributed by atoms with Gasteiger partial charge in [-0.25, -0.2) is 4.98 Å². The van der Waals surface area contributed by atoms with Gasteiger partial charge in [-0.1, -0.05) is 15.9 Å². The van der Waals surface area contributed by atoms with Crippen molar-refractivity contribution >= 4 is 32.9 Å². The van der Waals surface area contributed by atoms with E-state index in [9.17, 15) is 0 Å². The van der Waals surface area contributed by atoms with Crippen molar-refractivity contribution in [2.24, 2.45) is 7.05 Å². The number of nitrogens with zero attached hydrogens (tertiary/aromatic N) is 4. The van der Waals surface area contributed by atoms with E-state index < -0.39 is 0 Å². The molecule has 0 saturated carbocycles. The fourth-order valence-corrected chi connectivity index (χ4v) is 2.84. The smallest absolute Gasteiger partial charge is 0.201 e. The SMILES string of the molecule is Cc1nn(C)c(C)c1Cn1c(N)nc2cc(Br)ccc21. The van der Waals surface area contributed by atoms with Crippen molar-refractivity contribution in [1.29, 1.82) is 0 Å². The van der Waals surface area contributed by atoms with Gasteiger partial charge in [0.2, 0.25) is 5.95 Å². The molecule has 0 spiro atoms. The van der Waals surface area contributed by atoms with Crippen LogP contribution in [0.4, 0.5) is 5.95 Å². The van der Waals surface area contributed by atoms with E-state index >= 15 is 0 Å². The van der Waals surface area contributed by atoms with Crippen LogP contribution in [0.2, 0.25) is 0 Å². The average Bonchev–Trinajstić information content (AvgIpc) is 2.81. The van der Waals surface area contributed by atoms with Gasteiger partial charge in [0, 0.05) is 22.8 Å². The number of nitrogens with two attached hydrogens (primary N) is 1. The summed E-state index contributed by atoms with van der Waals surface area (Å²) in [5.74, 6) is 0.528. The highest BCUT2D eigenvalue weighted by Crippen LogP contribution is 2.24. The predicted molar refractivity (Wildman–Crippen MR) is 83.6 cm³/mol. The maximum Gasteiger partial charge on any atom is 0.201 e. The molecule has 0 amide bonds. The molecule has 0 aliphatic rings. The van der Waals surface area contributed by atoms with Crippen LogP contribution in [0, 0.1) is 13.8 Å². The molecule has 6 heteroatoms. The highest BCUT2D eigenvalue weighted by molar-refractivity contribution is 9.10. The summed E-state index contributed by atoms with van der Waals surface area (Å²) in [7, 11) is 1.96. The maximum absolute atomic E-state index is 6.07. The number of aryl methyl sites for hydroxylation is 2. The lowest BCUT2D eigenvalue weighted by Gasteiger charge is -2.07. The summed E-state index contributed by atoms with van der Waals surface area (Å²) in [5, 5.41) is 4.45. The zero-order valence-electron chi connectivity index (χ0n) is 11.7. The summed E-state index contributed by atoms with van der Waals surface area (Å²) < 4.78 is 4.93. The third kappa shape index (κ3) is 2.00. The third-order valence-electron chi connectivity index (χ3n) is 3.71. The molecule has 0 aliphatic carbocycles. The summed E-state index contributed by atoms with van der Waals surface area (Å²) in [4.78, 5) is 4.42. The Bertz CT molecular complexity index is 800. The first kappa shape index (κ1) is 13.2. The molecule has 3 aromatic rings. The molecule has 2 N–H and O–H groups in total. The van der Waals surface area contributed by atoms with Crippen molar-refractivity contribution in [3.8, 4) is 0 Å². The van der Waals surface area contributed by atoms with Gasteiger partial charge in [0.15, 0.2) is 0 Å². The summed E-state index contributed by atoms with van der Waals surface area (Å²) in [6.45, 7) is 4.78. The Balaban J connectivity index is 2.13. The van der Waals surface area contributed by atoms with Gasteiger partial charge >= 0.3 is 0 Å². The molecule has 5 nitrogen and oxygen atoms in total. The number of nitrogen functional groups attached to an aromatic ring is 1. The van der Waals surface area contributed by atoms with E-state index in [2.05, 4.69) is 32.9 Å². The zero-order chi connectivity index (χ0) is 14.4. The normalized spacial score (nSPS) is 11.4. The number of fused-ring (bicyclic) bond motifs is 1. The molecule has 104 valence electrons. The van der Waals surface area contributed by atoms with Gasteiger partial charge in [0.05, 0.1) is 23.3 Å². The van der Waals surface area contributed by atoms with Gasteiger partial charge in [0.25, 0.3) is 0 Å². The monoisotopic (exact) mass is 333 g/mol. The minimum atomic E-state index is 0.528. The topological polar surface area (TPSA) is 61.7 Å². The highest BCUT2D eigenvalue weighted by atomic mass is 79.9. The van der Waals surface area contributed by atoms with E-state index in [1.807, 2.05) is 41.4 Å². The van der Waals surface area contributed by atoms with Crippen LogP contribution in [0.5, 0.6) is 0 Å². The lowest BCUT2D eigenvalue weighted by molar-refractivity contribution is 0.728. The number of hydrogen-bond donors (Lipinski definition) is 1. The summed E-state index contributed by atoms with van der Waals surface area (Å²) in [6.07, 6.45) is 0. The Morgan fingerprint density at radius 3 is 2.70 bits per heavy atom. The summed E-state index contributed by atoms with van der Waals surface area (Å²) in [6, 6.07) is 6.01. The van der Waals surface area contributed by atoms with Crippen LogP contribution in [-0.4, -0.2) is 19.3 Å². The second-order valence-electron chi connectivity index (χ2n) is 4.96. The molecule has 2 heterocycles. The fourth-order valence-electron chi connectivity index (χ4n) is 2.49. The van der Waals surface area contributed by atoms with Gasteiger partial charge in [-0.2, -0.15) is 5.10 Å². The minimum absolute atomic E-state index is 0.528. The number of benzene rings is 1. The van der Waals surface area contributed by atoms with E-state index in [1.54, 1.807) is 0 Å². The van der Waals surface area contributed by atoms with Gasteiger partial charge in [-0.15, -0.1) is 0 Å². The first-order chi connectivity index (χ1) is 9.47.